The smallest absolute Gasteiger partial charge is 0.269 e. The molecular formula is C12H16N6O2S. The molecule has 0 aliphatic carbocycles. The van der Waals surface area contributed by atoms with E-state index in [0.29, 0.717) is 6.54 Å². The molecular weight excluding hydrogens is 292 g/mol. The largest absolute Gasteiger partial charge is 0.313 e. The first kappa shape index (κ1) is 15.4. The highest BCUT2D eigenvalue weighted by Crippen LogP contribution is 2.14. The molecule has 0 saturated carbocycles. The van der Waals surface area contributed by atoms with Crippen molar-refractivity contribution in [2.45, 2.75) is 18.1 Å². The summed E-state index contributed by atoms with van der Waals surface area (Å²) in [6.45, 7) is 1.46. The van der Waals surface area contributed by atoms with E-state index < -0.39 is 0 Å². The fourth-order valence-corrected chi connectivity index (χ4v) is 2.51. The Hall–Kier alpha value is -2.00. The minimum Gasteiger partial charge on any atom is -0.313 e. The van der Waals surface area contributed by atoms with Gasteiger partial charge in [0.15, 0.2) is 0 Å². The van der Waals surface area contributed by atoms with Crippen LogP contribution in [0.2, 0.25) is 0 Å². The van der Waals surface area contributed by atoms with Gasteiger partial charge in [0.1, 0.15) is 0 Å². The van der Waals surface area contributed by atoms with Crippen LogP contribution in [0.5, 0.6) is 0 Å². The molecule has 0 bridgehead atoms. The van der Waals surface area contributed by atoms with Crippen LogP contribution < -0.4 is 5.32 Å². The molecule has 112 valence electrons. The van der Waals surface area contributed by atoms with Crippen LogP contribution in [-0.4, -0.2) is 37.4 Å². The zero-order valence-corrected chi connectivity index (χ0v) is 12.4. The van der Waals surface area contributed by atoms with Crippen molar-refractivity contribution in [3.05, 3.63) is 39.9 Å². The van der Waals surface area contributed by atoms with Gasteiger partial charge >= 0.3 is 0 Å². The normalized spacial score (nSPS) is 10.7. The lowest BCUT2D eigenvalue weighted by molar-refractivity contribution is -0.384. The minimum absolute atomic E-state index is 0.125. The molecule has 2 rings (SSSR count). The van der Waals surface area contributed by atoms with Crippen molar-refractivity contribution in [1.82, 2.24) is 25.5 Å². The number of nitrogens with zero attached hydrogens (tertiary/aromatic N) is 5. The lowest BCUT2D eigenvalue weighted by Crippen LogP contribution is -2.15. The van der Waals surface area contributed by atoms with Gasteiger partial charge in [-0.05, 0) is 29.0 Å². The second kappa shape index (κ2) is 7.70. The number of nitrogens with one attached hydrogen (secondary N) is 1. The molecule has 0 radical (unpaired) electrons. The summed E-state index contributed by atoms with van der Waals surface area (Å²) in [4.78, 5) is 10.3. The summed E-state index contributed by atoms with van der Waals surface area (Å²) in [5.74, 6) is 0.913. The summed E-state index contributed by atoms with van der Waals surface area (Å²) in [7, 11) is 1.81. The molecule has 1 N–H and O–H groups in total. The average Bonchev–Trinajstić information content (AvgIpc) is 2.88. The number of aromatic nitrogens is 4. The molecule has 1 heterocycles. The molecule has 0 spiro atoms. The van der Waals surface area contributed by atoms with E-state index in [1.165, 1.54) is 6.07 Å². The highest BCUT2D eigenvalue weighted by Gasteiger charge is 2.05. The molecule has 0 unspecified atom stereocenters. The zero-order valence-electron chi connectivity index (χ0n) is 11.6. The summed E-state index contributed by atoms with van der Waals surface area (Å²) in [5, 5.41) is 26.0. The summed E-state index contributed by atoms with van der Waals surface area (Å²) < 4.78 is 1.64. The molecule has 1 aromatic carbocycles. The lowest BCUT2D eigenvalue weighted by Gasteiger charge is -2.04. The topological polar surface area (TPSA) is 98.8 Å². The van der Waals surface area contributed by atoms with Gasteiger partial charge in [0, 0.05) is 31.5 Å². The Balaban J connectivity index is 1.65. The first-order chi connectivity index (χ1) is 10.2. The molecule has 0 saturated heterocycles. The van der Waals surface area contributed by atoms with Crippen molar-refractivity contribution in [1.29, 1.82) is 0 Å². The van der Waals surface area contributed by atoms with E-state index in [1.807, 2.05) is 13.1 Å². The van der Waals surface area contributed by atoms with Crippen molar-refractivity contribution < 1.29 is 4.92 Å². The predicted octanol–water partition coefficient (Wildman–Crippen LogP) is 1.39. The van der Waals surface area contributed by atoms with Crippen LogP contribution in [0.15, 0.2) is 29.4 Å². The van der Waals surface area contributed by atoms with E-state index in [9.17, 15) is 10.1 Å². The number of nitro benzene ring substituents is 1. The van der Waals surface area contributed by atoms with Crippen LogP contribution in [0.1, 0.15) is 12.0 Å². The maximum absolute atomic E-state index is 10.7. The molecule has 9 heteroatoms. The van der Waals surface area contributed by atoms with Crippen LogP contribution >= 0.6 is 11.8 Å². The van der Waals surface area contributed by atoms with Gasteiger partial charge in [-0.2, -0.15) is 0 Å². The van der Waals surface area contributed by atoms with Gasteiger partial charge < -0.3 is 5.32 Å². The fourth-order valence-electron chi connectivity index (χ4n) is 1.72. The number of tetrazole rings is 1. The van der Waals surface area contributed by atoms with Gasteiger partial charge in [0.2, 0.25) is 5.16 Å². The van der Waals surface area contributed by atoms with Crippen molar-refractivity contribution in [3.63, 3.8) is 0 Å². The lowest BCUT2D eigenvalue weighted by atomic mass is 10.2. The third kappa shape index (κ3) is 4.80. The number of benzene rings is 1. The molecule has 21 heavy (non-hydrogen) atoms. The summed E-state index contributed by atoms with van der Waals surface area (Å²) in [6, 6.07) is 6.66. The molecule has 0 aliphatic rings. The fraction of sp³-hybridized carbons (Fsp3) is 0.417. The molecule has 2 aromatic rings. The van der Waals surface area contributed by atoms with Gasteiger partial charge in [0.25, 0.3) is 5.69 Å². The van der Waals surface area contributed by atoms with E-state index in [1.54, 1.807) is 28.6 Å². The van der Waals surface area contributed by atoms with Gasteiger partial charge in [0.05, 0.1) is 4.92 Å². The average molecular weight is 308 g/mol. The standard InChI is InChI=1S/C12H16N6O2S/c1-17-12(14-15-16-17)21-7-3-6-13-9-10-4-2-5-11(8-10)18(19)20/h2,4-5,8,13H,3,6-7,9H2,1H3. The second-order valence-electron chi connectivity index (χ2n) is 4.39. The number of rotatable bonds is 8. The van der Waals surface area contributed by atoms with Gasteiger partial charge in [-0.1, -0.05) is 23.9 Å². The molecule has 0 amide bonds. The predicted molar refractivity (Wildman–Crippen MR) is 78.9 cm³/mol. The Bertz CT molecular complexity index is 603. The molecule has 0 fully saturated rings. The van der Waals surface area contributed by atoms with E-state index in [-0.39, 0.29) is 10.6 Å². The number of thioether (sulfide) groups is 1. The van der Waals surface area contributed by atoms with Crippen molar-refractivity contribution in [3.8, 4) is 0 Å². The quantitative estimate of drug-likeness (QED) is 0.340. The number of aryl methyl sites for hydroxylation is 1. The Kier molecular flexibility index (Phi) is 5.64. The number of non-ortho nitro benzene ring substituents is 1. The van der Waals surface area contributed by atoms with Crippen molar-refractivity contribution >= 4 is 17.4 Å². The minimum atomic E-state index is -0.380. The van der Waals surface area contributed by atoms with Crippen LogP contribution in [0.4, 0.5) is 5.69 Å². The first-order valence-corrected chi connectivity index (χ1v) is 7.44. The third-order valence-electron chi connectivity index (χ3n) is 2.76. The van der Waals surface area contributed by atoms with Gasteiger partial charge in [-0.15, -0.1) is 5.10 Å². The van der Waals surface area contributed by atoms with Crippen molar-refractivity contribution in [2.24, 2.45) is 7.05 Å². The summed E-state index contributed by atoms with van der Waals surface area (Å²) in [6.07, 6.45) is 0.965. The van der Waals surface area contributed by atoms with E-state index in [4.69, 9.17) is 0 Å². The Morgan fingerprint density at radius 1 is 1.48 bits per heavy atom. The maximum Gasteiger partial charge on any atom is 0.269 e. The van der Waals surface area contributed by atoms with Gasteiger partial charge in [-0.25, -0.2) is 4.68 Å². The SMILES string of the molecule is Cn1nnnc1SCCCNCc1cccc([N+](=O)[O-])c1. The van der Waals surface area contributed by atoms with Crippen LogP contribution in [0, 0.1) is 10.1 Å². The Morgan fingerprint density at radius 3 is 3.05 bits per heavy atom. The Morgan fingerprint density at radius 2 is 2.33 bits per heavy atom. The Labute approximate surface area is 126 Å². The molecule has 0 atom stereocenters. The highest BCUT2D eigenvalue weighted by atomic mass is 32.2. The summed E-state index contributed by atoms with van der Waals surface area (Å²) >= 11 is 1.60. The monoisotopic (exact) mass is 308 g/mol. The van der Waals surface area contributed by atoms with Crippen LogP contribution in [0.3, 0.4) is 0 Å². The summed E-state index contributed by atoms with van der Waals surface area (Å²) in [5.41, 5.74) is 1.04. The van der Waals surface area contributed by atoms with Gasteiger partial charge in [-0.3, -0.25) is 10.1 Å². The third-order valence-corrected chi connectivity index (χ3v) is 3.86. The zero-order chi connectivity index (χ0) is 15.1. The first-order valence-electron chi connectivity index (χ1n) is 6.46. The highest BCUT2D eigenvalue weighted by molar-refractivity contribution is 7.99. The van der Waals surface area contributed by atoms with E-state index >= 15 is 0 Å². The van der Waals surface area contributed by atoms with Crippen LogP contribution in [-0.2, 0) is 13.6 Å². The van der Waals surface area contributed by atoms with Crippen LogP contribution in [0.25, 0.3) is 0 Å². The number of nitro groups is 1. The van der Waals surface area contributed by atoms with E-state index in [0.717, 1.165) is 29.4 Å². The number of hydrogen-bond acceptors (Lipinski definition) is 7. The molecule has 8 nitrogen and oxygen atoms in total. The van der Waals surface area contributed by atoms with Crippen molar-refractivity contribution in [2.75, 3.05) is 12.3 Å². The maximum atomic E-state index is 10.7. The molecule has 0 aliphatic heterocycles. The molecule has 1 aromatic heterocycles. The van der Waals surface area contributed by atoms with E-state index in [2.05, 4.69) is 20.8 Å². The second-order valence-corrected chi connectivity index (χ2v) is 5.45. The number of hydrogen-bond donors (Lipinski definition) is 1.